The number of unbranched alkanes of at least 4 members (excludes halogenated alkanes) is 1. The Morgan fingerprint density at radius 1 is 1.05 bits per heavy atom. The van der Waals surface area contributed by atoms with Crippen molar-refractivity contribution in [3.8, 4) is 5.75 Å². The second kappa shape index (κ2) is 12.8. The lowest BCUT2D eigenvalue weighted by Gasteiger charge is -2.30. The number of carbonyl (C=O) groups excluding carboxylic acids is 2. The molecule has 0 radical (unpaired) electrons. The number of H-pyrrole nitrogens is 1. The molecular formula is C31H41N3O3. The maximum Gasteiger partial charge on any atom is 0.242 e. The fourth-order valence-corrected chi connectivity index (χ4v) is 5.13. The molecule has 1 atom stereocenters. The topological polar surface area (TPSA) is 65.6 Å². The summed E-state index contributed by atoms with van der Waals surface area (Å²) in [7, 11) is 1.66. The summed E-state index contributed by atoms with van der Waals surface area (Å²) in [4.78, 5) is 34.4. The van der Waals surface area contributed by atoms with E-state index in [0.717, 1.165) is 61.8 Å². The van der Waals surface area contributed by atoms with Crippen molar-refractivity contribution in [2.45, 2.75) is 71.4 Å². The van der Waals surface area contributed by atoms with E-state index in [1.165, 1.54) is 10.9 Å². The van der Waals surface area contributed by atoms with E-state index in [2.05, 4.69) is 31.0 Å². The van der Waals surface area contributed by atoms with Crippen LogP contribution in [0.2, 0.25) is 0 Å². The van der Waals surface area contributed by atoms with Crippen molar-refractivity contribution in [2.24, 2.45) is 5.92 Å². The first-order valence-corrected chi connectivity index (χ1v) is 13.8. The largest absolute Gasteiger partial charge is 0.496 e. The summed E-state index contributed by atoms with van der Waals surface area (Å²) in [6.45, 7) is 5.40. The molecule has 1 aliphatic rings. The smallest absolute Gasteiger partial charge is 0.242 e. The van der Waals surface area contributed by atoms with Crippen molar-refractivity contribution in [3.63, 3.8) is 0 Å². The van der Waals surface area contributed by atoms with Crippen LogP contribution in [0.25, 0.3) is 10.9 Å². The number of ether oxygens (including phenoxy) is 1. The van der Waals surface area contributed by atoms with Gasteiger partial charge in [-0.05, 0) is 49.8 Å². The van der Waals surface area contributed by atoms with E-state index >= 15 is 0 Å². The summed E-state index contributed by atoms with van der Waals surface area (Å²) < 4.78 is 5.58. The van der Waals surface area contributed by atoms with E-state index in [0.29, 0.717) is 13.1 Å². The molecule has 1 aliphatic carbocycles. The number of nitrogens with zero attached hydrogens (tertiary/aromatic N) is 2. The number of nitrogens with one attached hydrogen (secondary N) is 1. The van der Waals surface area contributed by atoms with Crippen molar-refractivity contribution >= 4 is 22.7 Å². The second-order valence-corrected chi connectivity index (χ2v) is 10.2. The van der Waals surface area contributed by atoms with Gasteiger partial charge in [0.1, 0.15) is 12.3 Å². The molecule has 1 unspecified atom stereocenters. The van der Waals surface area contributed by atoms with E-state index < -0.39 is 0 Å². The summed E-state index contributed by atoms with van der Waals surface area (Å²) in [6, 6.07) is 16.3. The lowest BCUT2D eigenvalue weighted by molar-refractivity contribution is -0.144. The summed E-state index contributed by atoms with van der Waals surface area (Å²) in [5.41, 5.74) is 3.26. The molecule has 1 fully saturated rings. The van der Waals surface area contributed by atoms with Gasteiger partial charge in [0.05, 0.1) is 7.11 Å². The minimum absolute atomic E-state index is 0.00207. The van der Waals surface area contributed by atoms with Gasteiger partial charge >= 0.3 is 0 Å². The van der Waals surface area contributed by atoms with Crippen molar-refractivity contribution in [3.05, 3.63) is 65.9 Å². The average Bonchev–Trinajstić information content (AvgIpc) is 3.69. The molecule has 1 aromatic heterocycles. The molecular weight excluding hydrogens is 462 g/mol. The lowest BCUT2D eigenvalue weighted by atomic mass is 9.97. The van der Waals surface area contributed by atoms with Crippen LogP contribution in [0.15, 0.2) is 54.7 Å². The standard InChI is InChI=1S/C31H41N3O3/c1-4-6-11-23(5-2)31(36)34(26-16-17-26)22-30(35)33(21-25-12-7-10-15-29(25)37-3)19-18-24-20-32-28-14-9-8-13-27(24)28/h7-10,12-15,20,23,26,32H,4-6,11,16-19,21-22H2,1-3H3. The number of hydrogen-bond donors (Lipinski definition) is 1. The number of aromatic amines is 1. The number of benzene rings is 2. The Hall–Kier alpha value is -3.28. The van der Waals surface area contributed by atoms with E-state index in [9.17, 15) is 9.59 Å². The highest BCUT2D eigenvalue weighted by atomic mass is 16.5. The first-order chi connectivity index (χ1) is 18.0. The third-order valence-electron chi connectivity index (χ3n) is 7.56. The molecule has 2 aromatic carbocycles. The van der Waals surface area contributed by atoms with Gasteiger partial charge in [-0.3, -0.25) is 9.59 Å². The average molecular weight is 504 g/mol. The number of fused-ring (bicyclic) bond motifs is 1. The summed E-state index contributed by atoms with van der Waals surface area (Å²) in [6.07, 6.45) is 8.59. The van der Waals surface area contributed by atoms with Crippen molar-refractivity contribution in [2.75, 3.05) is 20.2 Å². The van der Waals surface area contributed by atoms with Gasteiger partial charge in [0.25, 0.3) is 0 Å². The molecule has 1 N–H and O–H groups in total. The Morgan fingerprint density at radius 2 is 1.81 bits per heavy atom. The van der Waals surface area contributed by atoms with Gasteiger partial charge in [-0.1, -0.05) is 63.1 Å². The molecule has 1 heterocycles. The quantitative estimate of drug-likeness (QED) is 0.295. The Morgan fingerprint density at radius 3 is 2.54 bits per heavy atom. The molecule has 6 nitrogen and oxygen atoms in total. The van der Waals surface area contributed by atoms with E-state index in [4.69, 9.17) is 4.74 Å². The van der Waals surface area contributed by atoms with Crippen LogP contribution in [0.5, 0.6) is 5.75 Å². The van der Waals surface area contributed by atoms with Crippen LogP contribution in [0, 0.1) is 5.92 Å². The number of para-hydroxylation sites is 2. The first kappa shape index (κ1) is 26.8. The monoisotopic (exact) mass is 503 g/mol. The van der Waals surface area contributed by atoms with Crippen LogP contribution in [0.3, 0.4) is 0 Å². The molecule has 198 valence electrons. The van der Waals surface area contributed by atoms with Gasteiger partial charge in [0.2, 0.25) is 11.8 Å². The summed E-state index contributed by atoms with van der Waals surface area (Å²) in [5, 5.41) is 1.18. The maximum atomic E-state index is 13.8. The summed E-state index contributed by atoms with van der Waals surface area (Å²) in [5.74, 6) is 0.924. The van der Waals surface area contributed by atoms with E-state index in [-0.39, 0.29) is 30.3 Å². The summed E-state index contributed by atoms with van der Waals surface area (Å²) >= 11 is 0. The zero-order chi connectivity index (χ0) is 26.2. The zero-order valence-electron chi connectivity index (χ0n) is 22.5. The minimum atomic E-state index is -0.00339. The number of aromatic nitrogens is 1. The van der Waals surface area contributed by atoms with Crippen molar-refractivity contribution in [1.29, 1.82) is 0 Å². The maximum absolute atomic E-state index is 13.8. The molecule has 4 rings (SSSR count). The molecule has 0 spiro atoms. The van der Waals surface area contributed by atoms with Crippen LogP contribution in [-0.2, 0) is 22.6 Å². The molecule has 2 amide bonds. The van der Waals surface area contributed by atoms with Crippen molar-refractivity contribution in [1.82, 2.24) is 14.8 Å². The third kappa shape index (κ3) is 6.73. The van der Waals surface area contributed by atoms with E-state index in [1.807, 2.05) is 52.4 Å². The Labute approximate surface area is 221 Å². The molecule has 0 aliphatic heterocycles. The van der Waals surface area contributed by atoms with E-state index in [1.54, 1.807) is 7.11 Å². The molecule has 0 bridgehead atoms. The number of rotatable bonds is 14. The molecule has 37 heavy (non-hydrogen) atoms. The fraction of sp³-hybridized carbons (Fsp3) is 0.484. The number of carbonyl (C=O) groups is 2. The van der Waals surface area contributed by atoms with Crippen LogP contribution in [-0.4, -0.2) is 52.8 Å². The Bertz CT molecular complexity index is 1180. The molecule has 6 heteroatoms. The third-order valence-corrected chi connectivity index (χ3v) is 7.56. The Kier molecular flexibility index (Phi) is 9.26. The van der Waals surface area contributed by atoms with Gasteiger partial charge in [-0.15, -0.1) is 0 Å². The predicted octanol–water partition coefficient (Wildman–Crippen LogP) is 5.96. The number of methoxy groups -OCH3 is 1. The molecule has 3 aromatic rings. The SMILES string of the molecule is CCCCC(CC)C(=O)N(CC(=O)N(CCc1c[nH]c2ccccc12)Cc1ccccc1OC)C1CC1. The van der Waals surface area contributed by atoms with Crippen LogP contribution in [0.4, 0.5) is 0 Å². The zero-order valence-corrected chi connectivity index (χ0v) is 22.5. The highest BCUT2D eigenvalue weighted by Gasteiger charge is 2.37. The second-order valence-electron chi connectivity index (χ2n) is 10.2. The lowest BCUT2D eigenvalue weighted by Crippen LogP contribution is -2.46. The Balaban J connectivity index is 1.53. The van der Waals surface area contributed by atoms with Gasteiger partial charge in [0, 0.05) is 47.7 Å². The first-order valence-electron chi connectivity index (χ1n) is 13.8. The van der Waals surface area contributed by atoms with Gasteiger partial charge in [0.15, 0.2) is 0 Å². The minimum Gasteiger partial charge on any atom is -0.496 e. The van der Waals surface area contributed by atoms with Crippen molar-refractivity contribution < 1.29 is 14.3 Å². The van der Waals surface area contributed by atoms with Crippen LogP contribution < -0.4 is 4.74 Å². The van der Waals surface area contributed by atoms with Gasteiger partial charge in [-0.25, -0.2) is 0 Å². The molecule has 0 saturated heterocycles. The molecule has 1 saturated carbocycles. The normalized spacial score (nSPS) is 13.9. The highest BCUT2D eigenvalue weighted by Crippen LogP contribution is 2.30. The van der Waals surface area contributed by atoms with Gasteiger partial charge in [-0.2, -0.15) is 0 Å². The van der Waals surface area contributed by atoms with Gasteiger partial charge < -0.3 is 19.5 Å². The number of amides is 2. The predicted molar refractivity (Wildman–Crippen MR) is 148 cm³/mol. The fourth-order valence-electron chi connectivity index (χ4n) is 5.13. The van der Waals surface area contributed by atoms with Crippen LogP contribution >= 0.6 is 0 Å². The van der Waals surface area contributed by atoms with Crippen LogP contribution in [0.1, 0.15) is 63.5 Å². The number of hydrogen-bond acceptors (Lipinski definition) is 3. The highest BCUT2D eigenvalue weighted by molar-refractivity contribution is 5.87.